The lowest BCUT2D eigenvalue weighted by Gasteiger charge is -2.20. The monoisotopic (exact) mass is 396 g/mol. The lowest BCUT2D eigenvalue weighted by Crippen LogP contribution is -2.34. The Hall–Kier alpha value is -2.89. The van der Waals surface area contributed by atoms with Gasteiger partial charge in [0, 0.05) is 32.5 Å². The number of carbonyl (C=O) groups is 2. The molecule has 0 radical (unpaired) electrons. The molecule has 0 saturated carbocycles. The van der Waals surface area contributed by atoms with Crippen molar-refractivity contribution in [1.82, 2.24) is 19.8 Å². The summed E-state index contributed by atoms with van der Waals surface area (Å²) in [6.07, 6.45) is 7.68. The molecule has 2 rings (SSSR count). The quantitative estimate of drug-likeness (QED) is 0.416. The standard InChI is InChI=1S/C23H32N4O2/c1-4-16-26(17-5-2)23(29)18-27-20-13-10-9-12-19(20)25-21(27)14-8-7-11-15-24-22(28)6-3/h4-5,9-10,12-13H,1-2,6-8,11,14-18H2,3H3,(H,24,28). The van der Waals surface area contributed by atoms with E-state index < -0.39 is 0 Å². The van der Waals surface area contributed by atoms with Crippen LogP contribution in [0.2, 0.25) is 0 Å². The molecule has 0 saturated heterocycles. The molecular weight excluding hydrogens is 364 g/mol. The molecule has 2 aromatic rings. The topological polar surface area (TPSA) is 67.2 Å². The predicted octanol–water partition coefficient (Wildman–Crippen LogP) is 3.48. The third kappa shape index (κ3) is 6.59. The van der Waals surface area contributed by atoms with Crippen molar-refractivity contribution in [3.63, 3.8) is 0 Å². The predicted molar refractivity (Wildman–Crippen MR) is 118 cm³/mol. The van der Waals surface area contributed by atoms with Gasteiger partial charge in [0.1, 0.15) is 12.4 Å². The zero-order chi connectivity index (χ0) is 21.1. The zero-order valence-electron chi connectivity index (χ0n) is 17.4. The number of carbonyl (C=O) groups excluding carboxylic acids is 2. The van der Waals surface area contributed by atoms with Gasteiger partial charge < -0.3 is 14.8 Å². The van der Waals surface area contributed by atoms with E-state index in [9.17, 15) is 9.59 Å². The number of aryl methyl sites for hydroxylation is 1. The van der Waals surface area contributed by atoms with E-state index in [0.717, 1.165) is 42.5 Å². The lowest BCUT2D eigenvalue weighted by atomic mass is 10.2. The van der Waals surface area contributed by atoms with E-state index in [1.807, 2.05) is 35.8 Å². The van der Waals surface area contributed by atoms with Crippen LogP contribution in [0, 0.1) is 0 Å². The maximum Gasteiger partial charge on any atom is 0.243 e. The van der Waals surface area contributed by atoms with Gasteiger partial charge in [0.25, 0.3) is 0 Å². The Morgan fingerprint density at radius 3 is 2.55 bits per heavy atom. The first-order chi connectivity index (χ1) is 14.1. The second-order valence-electron chi connectivity index (χ2n) is 6.99. The van der Waals surface area contributed by atoms with Crippen molar-refractivity contribution < 1.29 is 9.59 Å². The Balaban J connectivity index is 2.04. The van der Waals surface area contributed by atoms with Gasteiger partial charge in [0.05, 0.1) is 11.0 Å². The molecule has 1 N–H and O–H groups in total. The molecule has 1 heterocycles. The smallest absolute Gasteiger partial charge is 0.243 e. The van der Waals surface area contributed by atoms with E-state index in [1.165, 1.54) is 0 Å². The molecule has 0 aliphatic heterocycles. The van der Waals surface area contributed by atoms with Crippen molar-refractivity contribution in [3.8, 4) is 0 Å². The van der Waals surface area contributed by atoms with Crippen molar-refractivity contribution in [3.05, 3.63) is 55.4 Å². The molecular formula is C23H32N4O2. The maximum atomic E-state index is 12.8. The highest BCUT2D eigenvalue weighted by atomic mass is 16.2. The highest BCUT2D eigenvalue weighted by Crippen LogP contribution is 2.18. The highest BCUT2D eigenvalue weighted by molar-refractivity contribution is 5.81. The average molecular weight is 397 g/mol. The van der Waals surface area contributed by atoms with Crippen molar-refractivity contribution in [2.45, 2.75) is 45.6 Å². The van der Waals surface area contributed by atoms with Gasteiger partial charge in [0.15, 0.2) is 0 Å². The number of hydrogen-bond acceptors (Lipinski definition) is 3. The molecule has 0 fully saturated rings. The molecule has 2 amide bonds. The number of unbranched alkanes of at least 4 members (excludes halogenated alkanes) is 2. The third-order valence-electron chi connectivity index (χ3n) is 4.80. The van der Waals surface area contributed by atoms with Gasteiger partial charge in [-0.25, -0.2) is 4.98 Å². The van der Waals surface area contributed by atoms with Crippen molar-refractivity contribution in [1.29, 1.82) is 0 Å². The highest BCUT2D eigenvalue weighted by Gasteiger charge is 2.16. The van der Waals surface area contributed by atoms with Gasteiger partial charge in [0.2, 0.25) is 11.8 Å². The van der Waals surface area contributed by atoms with Gasteiger partial charge in [-0.15, -0.1) is 13.2 Å². The Bertz CT molecular complexity index is 831. The van der Waals surface area contributed by atoms with Crippen LogP contribution in [-0.4, -0.2) is 45.9 Å². The van der Waals surface area contributed by atoms with E-state index in [-0.39, 0.29) is 18.4 Å². The van der Waals surface area contributed by atoms with Gasteiger partial charge >= 0.3 is 0 Å². The largest absolute Gasteiger partial charge is 0.356 e. The summed E-state index contributed by atoms with van der Waals surface area (Å²) in [6, 6.07) is 7.91. The maximum absolute atomic E-state index is 12.8. The minimum absolute atomic E-state index is 0.0245. The molecule has 156 valence electrons. The van der Waals surface area contributed by atoms with Crippen LogP contribution in [0.5, 0.6) is 0 Å². The Kier molecular flexibility index (Phi) is 9.15. The number of fused-ring (bicyclic) bond motifs is 1. The molecule has 6 heteroatoms. The summed E-state index contributed by atoms with van der Waals surface area (Å²) in [7, 11) is 0. The number of imidazole rings is 1. The molecule has 0 aliphatic rings. The molecule has 0 atom stereocenters. The molecule has 29 heavy (non-hydrogen) atoms. The minimum Gasteiger partial charge on any atom is -0.356 e. The first-order valence-corrected chi connectivity index (χ1v) is 10.3. The summed E-state index contributed by atoms with van der Waals surface area (Å²) < 4.78 is 2.02. The number of hydrogen-bond donors (Lipinski definition) is 1. The van der Waals surface area contributed by atoms with Gasteiger partial charge in [-0.2, -0.15) is 0 Å². The molecule has 1 aromatic heterocycles. The van der Waals surface area contributed by atoms with E-state index in [1.54, 1.807) is 17.1 Å². The molecule has 0 unspecified atom stereocenters. The van der Waals surface area contributed by atoms with Crippen LogP contribution in [0.1, 0.15) is 38.4 Å². The molecule has 0 spiro atoms. The molecule has 1 aromatic carbocycles. The summed E-state index contributed by atoms with van der Waals surface area (Å²) in [5.41, 5.74) is 1.88. The Morgan fingerprint density at radius 1 is 1.14 bits per heavy atom. The normalized spacial score (nSPS) is 10.7. The number of aromatic nitrogens is 2. The van der Waals surface area contributed by atoms with E-state index in [0.29, 0.717) is 26.1 Å². The second-order valence-corrected chi connectivity index (χ2v) is 6.99. The fourth-order valence-corrected chi connectivity index (χ4v) is 3.26. The summed E-state index contributed by atoms with van der Waals surface area (Å²) in [4.78, 5) is 30.6. The SMILES string of the molecule is C=CCN(CC=C)C(=O)Cn1c(CCCCCNC(=O)CC)nc2ccccc21. The summed E-state index contributed by atoms with van der Waals surface area (Å²) in [5.74, 6) is 1.04. The summed E-state index contributed by atoms with van der Waals surface area (Å²) in [5, 5.41) is 2.90. The number of nitrogens with one attached hydrogen (secondary N) is 1. The van der Waals surface area contributed by atoms with E-state index in [4.69, 9.17) is 4.98 Å². The van der Waals surface area contributed by atoms with Crippen LogP contribution in [0.3, 0.4) is 0 Å². The minimum atomic E-state index is 0.0245. The van der Waals surface area contributed by atoms with Crippen LogP contribution in [0.4, 0.5) is 0 Å². The Labute approximate surface area is 173 Å². The summed E-state index contributed by atoms with van der Waals surface area (Å²) >= 11 is 0. The molecule has 0 aliphatic carbocycles. The second kappa shape index (κ2) is 11.8. The van der Waals surface area contributed by atoms with Crippen molar-refractivity contribution >= 4 is 22.8 Å². The average Bonchev–Trinajstić information content (AvgIpc) is 3.07. The van der Waals surface area contributed by atoms with Crippen LogP contribution in [0.15, 0.2) is 49.6 Å². The van der Waals surface area contributed by atoms with E-state index in [2.05, 4.69) is 18.5 Å². The number of rotatable bonds is 13. The first-order valence-electron chi connectivity index (χ1n) is 10.3. The van der Waals surface area contributed by atoms with Crippen LogP contribution < -0.4 is 5.32 Å². The number of benzene rings is 1. The van der Waals surface area contributed by atoms with Crippen LogP contribution in [-0.2, 0) is 22.6 Å². The van der Waals surface area contributed by atoms with Crippen LogP contribution >= 0.6 is 0 Å². The fraction of sp³-hybridized carbons (Fsp3) is 0.435. The van der Waals surface area contributed by atoms with Gasteiger partial charge in [-0.1, -0.05) is 37.6 Å². The van der Waals surface area contributed by atoms with Crippen molar-refractivity contribution in [2.75, 3.05) is 19.6 Å². The first kappa shape index (κ1) is 22.4. The third-order valence-corrected chi connectivity index (χ3v) is 4.80. The number of para-hydroxylation sites is 2. The lowest BCUT2D eigenvalue weighted by molar-refractivity contribution is -0.130. The Morgan fingerprint density at radius 2 is 1.86 bits per heavy atom. The van der Waals surface area contributed by atoms with E-state index >= 15 is 0 Å². The van der Waals surface area contributed by atoms with Crippen molar-refractivity contribution in [2.24, 2.45) is 0 Å². The molecule has 0 bridgehead atoms. The number of amides is 2. The van der Waals surface area contributed by atoms with Gasteiger partial charge in [-0.05, 0) is 25.0 Å². The van der Waals surface area contributed by atoms with Gasteiger partial charge in [-0.3, -0.25) is 9.59 Å². The van der Waals surface area contributed by atoms with Crippen LogP contribution in [0.25, 0.3) is 11.0 Å². The zero-order valence-corrected chi connectivity index (χ0v) is 17.4. The molecule has 6 nitrogen and oxygen atoms in total. The summed E-state index contributed by atoms with van der Waals surface area (Å²) in [6.45, 7) is 11.3. The fourth-order valence-electron chi connectivity index (χ4n) is 3.26. The number of nitrogens with zero attached hydrogens (tertiary/aromatic N) is 3.